The van der Waals surface area contributed by atoms with Crippen LogP contribution in [-0.4, -0.2) is 55.2 Å². The Kier molecular flexibility index (Phi) is 6.75. The molecule has 0 radical (unpaired) electrons. The molecular formula is C13H24F3N3O. The minimum absolute atomic E-state index is 0.0212. The van der Waals surface area contributed by atoms with Crippen LogP contribution in [0.25, 0.3) is 0 Å². The summed E-state index contributed by atoms with van der Waals surface area (Å²) in [4.78, 5) is 14.0. The molecule has 0 aliphatic carbocycles. The number of hydrogen-bond donors (Lipinski definition) is 2. The number of amides is 1. The predicted molar refractivity (Wildman–Crippen MR) is 71.4 cm³/mol. The second-order valence-corrected chi connectivity index (χ2v) is 5.21. The van der Waals surface area contributed by atoms with E-state index in [1.165, 1.54) is 0 Å². The van der Waals surface area contributed by atoms with Crippen molar-refractivity contribution < 1.29 is 18.0 Å². The van der Waals surface area contributed by atoms with Gasteiger partial charge >= 0.3 is 6.18 Å². The monoisotopic (exact) mass is 295 g/mol. The SMILES string of the molecule is CCNC(=O)C1CNCCN1C(C)CCCC(F)(F)F. The molecule has 1 aliphatic rings. The Bertz CT molecular complexity index is 310. The zero-order valence-corrected chi connectivity index (χ0v) is 12.1. The van der Waals surface area contributed by atoms with Gasteiger partial charge < -0.3 is 10.6 Å². The summed E-state index contributed by atoms with van der Waals surface area (Å²) < 4.78 is 36.5. The summed E-state index contributed by atoms with van der Waals surface area (Å²) in [6, 6.07) is -0.309. The second-order valence-electron chi connectivity index (χ2n) is 5.21. The normalized spacial score (nSPS) is 22.6. The van der Waals surface area contributed by atoms with E-state index in [4.69, 9.17) is 0 Å². The van der Waals surface area contributed by atoms with Gasteiger partial charge in [-0.2, -0.15) is 13.2 Å². The number of alkyl halides is 3. The van der Waals surface area contributed by atoms with Crippen molar-refractivity contribution in [1.29, 1.82) is 0 Å². The maximum Gasteiger partial charge on any atom is 0.389 e. The first-order chi connectivity index (χ1) is 9.35. The van der Waals surface area contributed by atoms with Crippen molar-refractivity contribution in [2.75, 3.05) is 26.2 Å². The van der Waals surface area contributed by atoms with E-state index < -0.39 is 12.6 Å². The summed E-state index contributed by atoms with van der Waals surface area (Å²) in [5, 5.41) is 5.94. The zero-order valence-electron chi connectivity index (χ0n) is 12.1. The van der Waals surface area contributed by atoms with E-state index >= 15 is 0 Å². The first kappa shape index (κ1) is 17.2. The third-order valence-electron chi connectivity index (χ3n) is 3.59. The molecule has 1 saturated heterocycles. The molecule has 0 spiro atoms. The molecule has 0 aromatic rings. The molecule has 1 fully saturated rings. The number of nitrogens with one attached hydrogen (secondary N) is 2. The maximum absolute atomic E-state index is 12.2. The van der Waals surface area contributed by atoms with Gasteiger partial charge in [-0.25, -0.2) is 0 Å². The third-order valence-corrected chi connectivity index (χ3v) is 3.59. The number of halogens is 3. The molecule has 0 bridgehead atoms. The summed E-state index contributed by atoms with van der Waals surface area (Å²) in [6.07, 6.45) is -4.29. The molecule has 20 heavy (non-hydrogen) atoms. The van der Waals surface area contributed by atoms with Crippen molar-refractivity contribution in [1.82, 2.24) is 15.5 Å². The smallest absolute Gasteiger partial charge is 0.355 e. The number of piperazine rings is 1. The Hall–Kier alpha value is -0.820. The Labute approximate surface area is 118 Å². The number of rotatable bonds is 6. The van der Waals surface area contributed by atoms with Crippen molar-refractivity contribution in [2.45, 2.75) is 51.4 Å². The Balaban J connectivity index is 2.49. The quantitative estimate of drug-likeness (QED) is 0.781. The van der Waals surface area contributed by atoms with Gasteiger partial charge in [-0.05, 0) is 26.7 Å². The molecule has 0 saturated carbocycles. The molecule has 118 valence electrons. The molecule has 1 rings (SSSR count). The van der Waals surface area contributed by atoms with Crippen molar-refractivity contribution in [3.05, 3.63) is 0 Å². The van der Waals surface area contributed by atoms with Crippen LogP contribution in [0.3, 0.4) is 0 Å². The minimum atomic E-state index is -4.10. The number of hydrogen-bond acceptors (Lipinski definition) is 3. The molecule has 2 N–H and O–H groups in total. The van der Waals surface area contributed by atoms with Crippen LogP contribution in [0.5, 0.6) is 0 Å². The van der Waals surface area contributed by atoms with Crippen LogP contribution in [0, 0.1) is 0 Å². The van der Waals surface area contributed by atoms with Gasteiger partial charge in [0.1, 0.15) is 6.04 Å². The van der Waals surface area contributed by atoms with Crippen molar-refractivity contribution in [3.8, 4) is 0 Å². The van der Waals surface area contributed by atoms with Crippen LogP contribution in [-0.2, 0) is 4.79 Å². The number of likely N-dealkylation sites (N-methyl/N-ethyl adjacent to an activating group) is 1. The maximum atomic E-state index is 12.2. The molecule has 7 heteroatoms. The summed E-state index contributed by atoms with van der Waals surface area (Å²) in [5.74, 6) is -0.0534. The predicted octanol–water partition coefficient (Wildman–Crippen LogP) is 1.52. The Morgan fingerprint density at radius 3 is 2.80 bits per heavy atom. The molecule has 1 amide bonds. The van der Waals surface area contributed by atoms with Gasteiger partial charge in [0.2, 0.25) is 5.91 Å². The van der Waals surface area contributed by atoms with E-state index in [1.54, 1.807) is 0 Å². The third kappa shape index (κ3) is 5.66. The lowest BCUT2D eigenvalue weighted by Crippen LogP contribution is -2.60. The van der Waals surface area contributed by atoms with Gasteiger partial charge in [-0.1, -0.05) is 0 Å². The first-order valence-electron chi connectivity index (χ1n) is 7.16. The van der Waals surface area contributed by atoms with Crippen molar-refractivity contribution >= 4 is 5.91 Å². The van der Waals surface area contributed by atoms with Crippen LogP contribution in [0.1, 0.15) is 33.1 Å². The van der Waals surface area contributed by atoms with Crippen molar-refractivity contribution in [2.24, 2.45) is 0 Å². The van der Waals surface area contributed by atoms with Crippen LogP contribution >= 0.6 is 0 Å². The van der Waals surface area contributed by atoms with Crippen LogP contribution in [0.15, 0.2) is 0 Å². The van der Waals surface area contributed by atoms with E-state index in [0.29, 0.717) is 26.1 Å². The standard InChI is InChI=1S/C13H24F3N3O/c1-3-18-12(20)11-9-17-7-8-19(11)10(2)5-4-6-13(14,15)16/h10-11,17H,3-9H2,1-2H3,(H,18,20). The highest BCUT2D eigenvalue weighted by Gasteiger charge is 2.32. The molecular weight excluding hydrogens is 271 g/mol. The molecule has 0 aromatic carbocycles. The first-order valence-corrected chi connectivity index (χ1v) is 7.16. The molecule has 4 nitrogen and oxygen atoms in total. The summed E-state index contributed by atoms with van der Waals surface area (Å²) in [6.45, 7) is 6.31. The minimum Gasteiger partial charge on any atom is -0.355 e. The van der Waals surface area contributed by atoms with Gasteiger partial charge in [0.15, 0.2) is 0 Å². The van der Waals surface area contributed by atoms with E-state index in [-0.39, 0.29) is 24.4 Å². The molecule has 1 heterocycles. The van der Waals surface area contributed by atoms with Gasteiger partial charge in [-0.3, -0.25) is 9.69 Å². The topological polar surface area (TPSA) is 44.4 Å². The van der Waals surface area contributed by atoms with Gasteiger partial charge in [-0.15, -0.1) is 0 Å². The summed E-state index contributed by atoms with van der Waals surface area (Å²) in [5.41, 5.74) is 0. The average Bonchev–Trinajstić information content (AvgIpc) is 2.37. The highest BCUT2D eigenvalue weighted by molar-refractivity contribution is 5.82. The van der Waals surface area contributed by atoms with E-state index in [9.17, 15) is 18.0 Å². The van der Waals surface area contributed by atoms with Crippen LogP contribution < -0.4 is 10.6 Å². The fourth-order valence-electron chi connectivity index (χ4n) is 2.55. The van der Waals surface area contributed by atoms with Crippen molar-refractivity contribution in [3.63, 3.8) is 0 Å². The van der Waals surface area contributed by atoms with Gasteiger partial charge in [0, 0.05) is 38.6 Å². The van der Waals surface area contributed by atoms with Gasteiger partial charge in [0.25, 0.3) is 0 Å². The van der Waals surface area contributed by atoms with E-state index in [1.807, 2.05) is 18.7 Å². The highest BCUT2D eigenvalue weighted by atomic mass is 19.4. The lowest BCUT2D eigenvalue weighted by molar-refractivity contribution is -0.137. The second kappa shape index (κ2) is 7.83. The van der Waals surface area contributed by atoms with Gasteiger partial charge in [0.05, 0.1) is 0 Å². The molecule has 1 aliphatic heterocycles. The van der Waals surface area contributed by atoms with E-state index in [2.05, 4.69) is 10.6 Å². The summed E-state index contributed by atoms with van der Waals surface area (Å²) in [7, 11) is 0. The summed E-state index contributed by atoms with van der Waals surface area (Å²) >= 11 is 0. The lowest BCUT2D eigenvalue weighted by Gasteiger charge is -2.39. The Morgan fingerprint density at radius 2 is 2.20 bits per heavy atom. The zero-order chi connectivity index (χ0) is 15.2. The Morgan fingerprint density at radius 1 is 1.50 bits per heavy atom. The number of carbonyl (C=O) groups excluding carboxylic acids is 1. The lowest BCUT2D eigenvalue weighted by atomic mass is 10.0. The number of nitrogens with zero attached hydrogens (tertiary/aromatic N) is 1. The van der Waals surface area contributed by atoms with E-state index in [0.717, 1.165) is 6.54 Å². The van der Waals surface area contributed by atoms with Crippen LogP contribution in [0.4, 0.5) is 13.2 Å². The number of carbonyl (C=O) groups is 1. The molecule has 0 aromatic heterocycles. The fourth-order valence-corrected chi connectivity index (χ4v) is 2.55. The average molecular weight is 295 g/mol. The molecule has 2 unspecified atom stereocenters. The molecule has 2 atom stereocenters. The highest BCUT2D eigenvalue weighted by Crippen LogP contribution is 2.24. The van der Waals surface area contributed by atoms with Crippen LogP contribution in [0.2, 0.25) is 0 Å². The fraction of sp³-hybridized carbons (Fsp3) is 0.923. The largest absolute Gasteiger partial charge is 0.389 e.